The molecule has 0 saturated carbocycles. The van der Waals surface area contributed by atoms with Crippen LogP contribution in [0.2, 0.25) is 0 Å². The van der Waals surface area contributed by atoms with E-state index in [2.05, 4.69) is 97.4 Å². The van der Waals surface area contributed by atoms with Crippen LogP contribution in [0.4, 0.5) is 0 Å². The van der Waals surface area contributed by atoms with E-state index in [1.165, 1.54) is 48.8 Å². The van der Waals surface area contributed by atoms with Crippen molar-refractivity contribution in [3.63, 3.8) is 0 Å². The Bertz CT molecular complexity index is 1510. The molecule has 0 amide bonds. The van der Waals surface area contributed by atoms with Gasteiger partial charge in [-0.15, -0.1) is 68.0 Å². The lowest BCUT2D eigenvalue weighted by molar-refractivity contribution is 0.949. The molecule has 0 bridgehead atoms. The van der Waals surface area contributed by atoms with E-state index < -0.39 is 0 Å². The first-order valence-electron chi connectivity index (χ1n) is 12.9. The van der Waals surface area contributed by atoms with Crippen LogP contribution in [0.3, 0.4) is 0 Å². The Balaban J connectivity index is 1.33. The lowest BCUT2D eigenvalue weighted by atomic mass is 9.97. The van der Waals surface area contributed by atoms with Gasteiger partial charge in [0.25, 0.3) is 0 Å². The number of hydrogen-bond acceptors (Lipinski definition) is 6. The van der Waals surface area contributed by atoms with Gasteiger partial charge in [0.05, 0.1) is 0 Å². The summed E-state index contributed by atoms with van der Waals surface area (Å²) < 4.78 is 0. The van der Waals surface area contributed by atoms with Crippen LogP contribution in [0.1, 0.15) is 49.3 Å². The lowest BCUT2D eigenvalue weighted by Gasteiger charge is -2.13. The highest BCUT2D eigenvalue weighted by molar-refractivity contribution is 7.27. The van der Waals surface area contributed by atoms with Gasteiger partial charge in [0.2, 0.25) is 0 Å². The maximum absolute atomic E-state index is 2.37. The van der Waals surface area contributed by atoms with Crippen LogP contribution in [-0.2, 0) is 0 Å². The number of thiophene rings is 6. The molecule has 6 rings (SSSR count). The van der Waals surface area contributed by atoms with Crippen LogP contribution in [-0.4, -0.2) is 0 Å². The molecule has 0 aliphatic carbocycles. The van der Waals surface area contributed by atoms with Crippen molar-refractivity contribution in [1.29, 1.82) is 0 Å². The highest BCUT2D eigenvalue weighted by Crippen LogP contribution is 2.45. The van der Waals surface area contributed by atoms with Gasteiger partial charge in [-0.25, -0.2) is 0 Å². The SMILES string of the molecule is CCC/C(=C(/CCC)c1ccc(-c2ccc(-c3cccs3)s2)s1)c1ccc(-c2ccc(-c3cccs3)s2)s1. The molecule has 6 aromatic heterocycles. The second-order valence-corrected chi connectivity index (χ2v) is 15.3. The predicted octanol–water partition coefficient (Wildman–Crippen LogP) is 13.2. The molecular weight excluding hydrogens is 577 g/mol. The summed E-state index contributed by atoms with van der Waals surface area (Å²) in [6.07, 6.45) is 4.55. The first-order valence-corrected chi connectivity index (χ1v) is 18.0. The fraction of sp³-hybridized carbons (Fsp3) is 0.188. The zero-order chi connectivity index (χ0) is 25.9. The second-order valence-electron chi connectivity index (χ2n) is 9.07. The molecular formula is C32H28S6. The van der Waals surface area contributed by atoms with E-state index in [0.717, 1.165) is 25.7 Å². The van der Waals surface area contributed by atoms with Gasteiger partial charge in [0.15, 0.2) is 0 Å². The molecule has 0 saturated heterocycles. The van der Waals surface area contributed by atoms with Gasteiger partial charge in [-0.1, -0.05) is 38.8 Å². The Hall–Kier alpha value is -2.06. The van der Waals surface area contributed by atoms with E-state index in [0.29, 0.717) is 0 Å². The summed E-state index contributed by atoms with van der Waals surface area (Å²) in [6.45, 7) is 4.62. The van der Waals surface area contributed by atoms with E-state index in [1.54, 1.807) is 11.1 Å². The molecule has 0 aliphatic rings. The fourth-order valence-electron chi connectivity index (χ4n) is 4.65. The lowest BCUT2D eigenvalue weighted by Crippen LogP contribution is -1.89. The first kappa shape index (κ1) is 26.2. The van der Waals surface area contributed by atoms with Gasteiger partial charge in [0.1, 0.15) is 0 Å². The molecule has 0 aliphatic heterocycles. The first-order chi connectivity index (χ1) is 18.7. The maximum atomic E-state index is 2.37. The summed E-state index contributed by atoms with van der Waals surface area (Å²) in [5, 5.41) is 4.32. The van der Waals surface area contributed by atoms with Gasteiger partial charge >= 0.3 is 0 Å². The van der Waals surface area contributed by atoms with E-state index >= 15 is 0 Å². The Labute approximate surface area is 249 Å². The topological polar surface area (TPSA) is 0 Å². The summed E-state index contributed by atoms with van der Waals surface area (Å²) in [4.78, 5) is 13.8. The molecule has 192 valence electrons. The number of rotatable bonds is 10. The van der Waals surface area contributed by atoms with Crippen molar-refractivity contribution in [2.75, 3.05) is 0 Å². The van der Waals surface area contributed by atoms with Crippen molar-refractivity contribution >= 4 is 79.2 Å². The molecule has 6 heteroatoms. The molecule has 0 spiro atoms. The Morgan fingerprint density at radius 2 is 0.816 bits per heavy atom. The number of allylic oxidation sites excluding steroid dienone is 2. The molecule has 0 unspecified atom stereocenters. The molecule has 38 heavy (non-hydrogen) atoms. The van der Waals surface area contributed by atoms with Crippen LogP contribution < -0.4 is 0 Å². The molecule has 0 atom stereocenters. The largest absolute Gasteiger partial charge is 0.143 e. The van der Waals surface area contributed by atoms with Crippen LogP contribution in [0.5, 0.6) is 0 Å². The molecule has 0 N–H and O–H groups in total. The molecule has 6 aromatic rings. The molecule has 0 radical (unpaired) electrons. The smallest absolute Gasteiger partial charge is 0.0449 e. The van der Waals surface area contributed by atoms with Crippen LogP contribution >= 0.6 is 68.0 Å². The Kier molecular flexibility index (Phi) is 8.26. The van der Waals surface area contributed by atoms with Crippen molar-refractivity contribution in [2.24, 2.45) is 0 Å². The second kappa shape index (κ2) is 12.0. The third-order valence-corrected chi connectivity index (χ3v) is 13.4. The van der Waals surface area contributed by atoms with Crippen LogP contribution in [0.25, 0.3) is 50.2 Å². The quantitative estimate of drug-likeness (QED) is 0.146. The minimum atomic E-state index is 1.12. The molecule has 0 fully saturated rings. The molecule has 0 aromatic carbocycles. The van der Waals surface area contributed by atoms with Crippen molar-refractivity contribution < 1.29 is 0 Å². The van der Waals surface area contributed by atoms with Crippen molar-refractivity contribution in [1.82, 2.24) is 0 Å². The van der Waals surface area contributed by atoms with E-state index in [9.17, 15) is 0 Å². The Morgan fingerprint density at radius 3 is 1.18 bits per heavy atom. The minimum absolute atomic E-state index is 1.12. The standard InChI is InChI=1S/C32H28S6/c1-3-7-21(23-11-13-29(35-23)31-17-15-27(37-31)25-9-5-19-33-25)22(8-4-2)24-12-14-30(36-24)32-18-16-28(38-32)26-10-6-20-34-26/h5-6,9-20H,3-4,7-8H2,1-2H3/b22-21+. The molecule has 0 nitrogen and oxygen atoms in total. The average Bonchev–Trinajstić information content (AvgIpc) is 3.78. The highest BCUT2D eigenvalue weighted by atomic mass is 32.1. The monoisotopic (exact) mass is 604 g/mol. The minimum Gasteiger partial charge on any atom is -0.143 e. The summed E-state index contributed by atoms with van der Waals surface area (Å²) >= 11 is 11.4. The fourth-order valence-corrected chi connectivity index (χ4v) is 10.7. The third kappa shape index (κ3) is 5.48. The van der Waals surface area contributed by atoms with Crippen molar-refractivity contribution in [3.05, 3.63) is 93.3 Å². The van der Waals surface area contributed by atoms with Gasteiger partial charge in [0, 0.05) is 48.8 Å². The zero-order valence-corrected chi connectivity index (χ0v) is 26.3. The van der Waals surface area contributed by atoms with Crippen LogP contribution in [0, 0.1) is 0 Å². The summed E-state index contributed by atoms with van der Waals surface area (Å²) in [6, 6.07) is 27.2. The van der Waals surface area contributed by atoms with Gasteiger partial charge in [-0.05, 0) is 95.4 Å². The van der Waals surface area contributed by atoms with Crippen molar-refractivity contribution in [2.45, 2.75) is 39.5 Å². The van der Waals surface area contributed by atoms with Gasteiger partial charge < -0.3 is 0 Å². The summed E-state index contributed by atoms with van der Waals surface area (Å²) in [5.74, 6) is 0. The maximum Gasteiger partial charge on any atom is 0.0449 e. The van der Waals surface area contributed by atoms with Gasteiger partial charge in [-0.3, -0.25) is 0 Å². The van der Waals surface area contributed by atoms with Gasteiger partial charge in [-0.2, -0.15) is 0 Å². The number of hydrogen-bond donors (Lipinski definition) is 0. The van der Waals surface area contributed by atoms with Crippen molar-refractivity contribution in [3.8, 4) is 39.0 Å². The highest BCUT2D eigenvalue weighted by Gasteiger charge is 2.17. The Morgan fingerprint density at radius 1 is 0.447 bits per heavy atom. The average molecular weight is 605 g/mol. The predicted molar refractivity (Wildman–Crippen MR) is 179 cm³/mol. The summed E-state index contributed by atoms with van der Waals surface area (Å²) in [5.41, 5.74) is 3.08. The zero-order valence-electron chi connectivity index (χ0n) is 21.4. The van der Waals surface area contributed by atoms with E-state index in [1.807, 2.05) is 68.0 Å². The van der Waals surface area contributed by atoms with E-state index in [4.69, 9.17) is 0 Å². The normalized spacial score (nSPS) is 12.3. The van der Waals surface area contributed by atoms with E-state index in [-0.39, 0.29) is 0 Å². The van der Waals surface area contributed by atoms with Crippen LogP contribution in [0.15, 0.2) is 83.6 Å². The molecule has 6 heterocycles. The summed E-state index contributed by atoms with van der Waals surface area (Å²) in [7, 11) is 0. The third-order valence-electron chi connectivity index (χ3n) is 6.40.